The molecule has 0 aliphatic heterocycles. The quantitative estimate of drug-likeness (QED) is 0.743. The second-order valence-electron chi connectivity index (χ2n) is 4.40. The molecule has 0 amide bonds. The smallest absolute Gasteiger partial charge is 0.142 e. The van der Waals surface area contributed by atoms with Crippen molar-refractivity contribution < 1.29 is 9.13 Å². The lowest BCUT2D eigenvalue weighted by atomic mass is 9.98. The van der Waals surface area contributed by atoms with Crippen LogP contribution in [0.25, 0.3) is 0 Å². The Bertz CT molecular complexity index is 528. The fourth-order valence-corrected chi connectivity index (χ4v) is 2.11. The summed E-state index contributed by atoms with van der Waals surface area (Å²) in [6.07, 6.45) is 0.985. The fourth-order valence-electron chi connectivity index (χ4n) is 1.94. The van der Waals surface area contributed by atoms with Crippen LogP contribution in [0.4, 0.5) is 4.39 Å². The summed E-state index contributed by atoms with van der Waals surface area (Å²) in [4.78, 5) is 0. The van der Waals surface area contributed by atoms with Crippen molar-refractivity contribution >= 4 is 11.6 Å². The summed E-state index contributed by atoms with van der Waals surface area (Å²) in [5.74, 6) is 0.495. The number of hydrogen-bond acceptors (Lipinski definition) is 1. The zero-order chi connectivity index (χ0) is 13.7. The van der Waals surface area contributed by atoms with Crippen LogP contribution in [-0.4, -0.2) is 6.61 Å². The third-order valence-corrected chi connectivity index (χ3v) is 3.40. The lowest BCUT2D eigenvalue weighted by molar-refractivity contribution is 0.284. The molecule has 0 aromatic heterocycles. The van der Waals surface area contributed by atoms with Gasteiger partial charge in [0, 0.05) is 12.0 Å². The Morgan fingerprint density at radius 1 is 1.16 bits per heavy atom. The molecule has 0 fully saturated rings. The first-order chi connectivity index (χ1) is 9.20. The number of hydrogen-bond donors (Lipinski definition) is 0. The Morgan fingerprint density at radius 2 is 1.89 bits per heavy atom. The van der Waals surface area contributed by atoms with Gasteiger partial charge in [-0.2, -0.15) is 0 Å². The van der Waals surface area contributed by atoms with Crippen molar-refractivity contribution in [2.75, 3.05) is 6.61 Å². The largest absolute Gasteiger partial charge is 0.493 e. The predicted molar refractivity (Wildman–Crippen MR) is 76.4 cm³/mol. The normalized spacial score (nSPS) is 12.2. The predicted octanol–water partition coefficient (Wildman–Crippen LogP) is 5.05. The van der Waals surface area contributed by atoms with Crippen molar-refractivity contribution in [2.24, 2.45) is 0 Å². The average molecular weight is 279 g/mol. The van der Waals surface area contributed by atoms with Gasteiger partial charge in [0.05, 0.1) is 11.6 Å². The Balaban J connectivity index is 2.02. The van der Waals surface area contributed by atoms with Crippen molar-refractivity contribution in [3.05, 3.63) is 64.9 Å². The van der Waals surface area contributed by atoms with E-state index in [1.54, 1.807) is 6.07 Å². The number of benzene rings is 2. The zero-order valence-corrected chi connectivity index (χ0v) is 11.5. The van der Waals surface area contributed by atoms with Crippen LogP contribution < -0.4 is 4.74 Å². The number of halogens is 2. The number of ether oxygens (including phenoxy) is 1. The lowest BCUT2D eigenvalue weighted by Crippen LogP contribution is -2.09. The van der Waals surface area contributed by atoms with E-state index in [1.165, 1.54) is 17.7 Å². The maximum absolute atomic E-state index is 13.0. The monoisotopic (exact) mass is 278 g/mol. The van der Waals surface area contributed by atoms with Crippen LogP contribution in [0.1, 0.15) is 24.8 Å². The molecule has 0 heterocycles. The van der Waals surface area contributed by atoms with E-state index in [1.807, 2.05) is 18.2 Å². The van der Waals surface area contributed by atoms with E-state index < -0.39 is 5.82 Å². The molecule has 0 aliphatic rings. The molecule has 0 radical (unpaired) electrons. The van der Waals surface area contributed by atoms with Gasteiger partial charge in [-0.05, 0) is 24.1 Å². The summed E-state index contributed by atoms with van der Waals surface area (Å²) in [5.41, 5.74) is 1.25. The van der Waals surface area contributed by atoms with Crippen LogP contribution in [-0.2, 0) is 0 Å². The van der Waals surface area contributed by atoms with Crippen LogP contribution in [0.5, 0.6) is 5.75 Å². The zero-order valence-electron chi connectivity index (χ0n) is 10.8. The maximum atomic E-state index is 13.0. The van der Waals surface area contributed by atoms with E-state index >= 15 is 0 Å². The summed E-state index contributed by atoms with van der Waals surface area (Å²) in [5, 5.41) is 0.0882. The van der Waals surface area contributed by atoms with Crippen molar-refractivity contribution in [3.63, 3.8) is 0 Å². The first-order valence-corrected chi connectivity index (χ1v) is 6.71. The molecular formula is C16H16ClFO. The van der Waals surface area contributed by atoms with Gasteiger partial charge in [-0.3, -0.25) is 0 Å². The second kappa shape index (κ2) is 6.58. The molecular weight excluding hydrogens is 263 g/mol. The minimum atomic E-state index is -0.427. The average Bonchev–Trinajstić information content (AvgIpc) is 2.44. The van der Waals surface area contributed by atoms with E-state index in [0.717, 1.165) is 6.42 Å². The SMILES string of the molecule is CCC(COc1ccc(F)c(Cl)c1)c1ccccc1. The second-order valence-corrected chi connectivity index (χ2v) is 4.81. The summed E-state index contributed by atoms with van der Waals surface area (Å²) in [7, 11) is 0. The molecule has 0 N–H and O–H groups in total. The van der Waals surface area contributed by atoms with E-state index in [2.05, 4.69) is 19.1 Å². The number of rotatable bonds is 5. The Morgan fingerprint density at radius 3 is 2.53 bits per heavy atom. The van der Waals surface area contributed by atoms with Crippen molar-refractivity contribution in [1.82, 2.24) is 0 Å². The molecule has 2 aromatic carbocycles. The fraction of sp³-hybridized carbons (Fsp3) is 0.250. The minimum absolute atomic E-state index is 0.0882. The molecule has 100 valence electrons. The highest BCUT2D eigenvalue weighted by Gasteiger charge is 2.10. The van der Waals surface area contributed by atoms with E-state index in [0.29, 0.717) is 18.3 Å². The molecule has 2 rings (SSSR count). The Kier molecular flexibility index (Phi) is 4.80. The Hall–Kier alpha value is -1.54. The molecule has 1 unspecified atom stereocenters. The standard InChI is InChI=1S/C16H16ClFO/c1-2-12(13-6-4-3-5-7-13)11-19-14-8-9-16(18)15(17)10-14/h3-10,12H,2,11H2,1H3. The lowest BCUT2D eigenvalue weighted by Gasteiger charge is -2.16. The van der Waals surface area contributed by atoms with Gasteiger partial charge >= 0.3 is 0 Å². The molecule has 2 aromatic rings. The van der Waals surface area contributed by atoms with Crippen LogP contribution in [0.3, 0.4) is 0 Å². The van der Waals surface area contributed by atoms with Crippen LogP contribution >= 0.6 is 11.6 Å². The summed E-state index contributed by atoms with van der Waals surface area (Å²) in [6, 6.07) is 14.6. The van der Waals surface area contributed by atoms with Crippen molar-refractivity contribution in [2.45, 2.75) is 19.3 Å². The molecule has 3 heteroatoms. The molecule has 0 saturated heterocycles. The summed E-state index contributed by atoms with van der Waals surface area (Å²) < 4.78 is 18.7. The van der Waals surface area contributed by atoms with Gasteiger partial charge in [0.25, 0.3) is 0 Å². The molecule has 0 saturated carbocycles. The van der Waals surface area contributed by atoms with Crippen molar-refractivity contribution in [3.8, 4) is 5.75 Å². The summed E-state index contributed by atoms with van der Waals surface area (Å²) in [6.45, 7) is 2.68. The van der Waals surface area contributed by atoms with Gasteiger partial charge in [-0.15, -0.1) is 0 Å². The molecule has 1 atom stereocenters. The van der Waals surface area contributed by atoms with Crippen LogP contribution in [0.2, 0.25) is 5.02 Å². The Labute approximate surface area is 118 Å². The molecule has 0 spiro atoms. The van der Waals surface area contributed by atoms with Gasteiger partial charge in [0.2, 0.25) is 0 Å². The molecule has 0 aliphatic carbocycles. The van der Waals surface area contributed by atoms with E-state index in [9.17, 15) is 4.39 Å². The van der Waals surface area contributed by atoms with E-state index in [4.69, 9.17) is 16.3 Å². The highest BCUT2D eigenvalue weighted by atomic mass is 35.5. The van der Waals surface area contributed by atoms with Gasteiger partial charge in [-0.1, -0.05) is 48.9 Å². The molecule has 0 bridgehead atoms. The summed E-state index contributed by atoms with van der Waals surface area (Å²) >= 11 is 5.73. The van der Waals surface area contributed by atoms with Gasteiger partial charge in [-0.25, -0.2) is 4.39 Å². The topological polar surface area (TPSA) is 9.23 Å². The van der Waals surface area contributed by atoms with Crippen LogP contribution in [0, 0.1) is 5.82 Å². The van der Waals surface area contributed by atoms with Crippen LogP contribution in [0.15, 0.2) is 48.5 Å². The third-order valence-electron chi connectivity index (χ3n) is 3.11. The highest BCUT2D eigenvalue weighted by molar-refractivity contribution is 6.30. The van der Waals surface area contributed by atoms with E-state index in [-0.39, 0.29) is 5.02 Å². The van der Waals surface area contributed by atoms with Gasteiger partial charge < -0.3 is 4.74 Å². The highest BCUT2D eigenvalue weighted by Crippen LogP contribution is 2.24. The third kappa shape index (κ3) is 3.71. The first kappa shape index (κ1) is 13.9. The molecule has 19 heavy (non-hydrogen) atoms. The van der Waals surface area contributed by atoms with Crippen molar-refractivity contribution in [1.29, 1.82) is 0 Å². The van der Waals surface area contributed by atoms with Gasteiger partial charge in [0.1, 0.15) is 11.6 Å². The van der Waals surface area contributed by atoms with Gasteiger partial charge in [0.15, 0.2) is 0 Å². The minimum Gasteiger partial charge on any atom is -0.493 e. The maximum Gasteiger partial charge on any atom is 0.142 e. The first-order valence-electron chi connectivity index (χ1n) is 6.33. The molecule has 1 nitrogen and oxygen atoms in total.